The summed E-state index contributed by atoms with van der Waals surface area (Å²) in [5, 5.41) is 3.90. The Morgan fingerprint density at radius 2 is 2.14 bits per heavy atom. The second kappa shape index (κ2) is 6.92. The van der Waals surface area contributed by atoms with Crippen LogP contribution in [0.1, 0.15) is 32.3 Å². The van der Waals surface area contributed by atoms with E-state index >= 15 is 0 Å². The van der Waals surface area contributed by atoms with Gasteiger partial charge < -0.3 is 9.47 Å². The quantitative estimate of drug-likeness (QED) is 0.647. The number of ether oxygens (including phenoxy) is 2. The predicted molar refractivity (Wildman–Crippen MR) is 82.6 cm³/mol. The van der Waals surface area contributed by atoms with E-state index < -0.39 is 0 Å². The largest absolute Gasteiger partial charge is 0.493 e. The molecule has 0 atom stereocenters. The molecular formula is C16H20N2O3. The van der Waals surface area contributed by atoms with Crippen LogP contribution in [0.25, 0.3) is 6.08 Å². The van der Waals surface area contributed by atoms with Crippen molar-refractivity contribution in [3.63, 3.8) is 0 Å². The molecule has 0 fully saturated rings. The van der Waals surface area contributed by atoms with Crippen molar-refractivity contribution < 1.29 is 14.3 Å². The molecule has 1 aromatic carbocycles. The molecule has 1 aromatic rings. The number of amides is 1. The molecule has 0 unspecified atom stereocenters. The first-order valence-electron chi connectivity index (χ1n) is 7.03. The Hall–Kier alpha value is -2.30. The van der Waals surface area contributed by atoms with Crippen molar-refractivity contribution in [3.8, 4) is 11.5 Å². The third-order valence-electron chi connectivity index (χ3n) is 3.21. The Kier molecular flexibility index (Phi) is 4.98. The maximum Gasteiger partial charge on any atom is 0.273 e. The molecule has 21 heavy (non-hydrogen) atoms. The summed E-state index contributed by atoms with van der Waals surface area (Å²) >= 11 is 0. The number of hydrogen-bond acceptors (Lipinski definition) is 4. The average molecular weight is 288 g/mol. The van der Waals surface area contributed by atoms with Crippen LogP contribution in [0.2, 0.25) is 0 Å². The maximum absolute atomic E-state index is 11.6. The van der Waals surface area contributed by atoms with Crippen LogP contribution in [0.3, 0.4) is 0 Å². The number of carbonyl (C=O) groups excluding carboxylic acids is 1. The van der Waals surface area contributed by atoms with Gasteiger partial charge in [0.2, 0.25) is 0 Å². The monoisotopic (exact) mass is 288 g/mol. The van der Waals surface area contributed by atoms with Gasteiger partial charge in [0.15, 0.2) is 11.5 Å². The fourth-order valence-electron chi connectivity index (χ4n) is 1.98. The van der Waals surface area contributed by atoms with Crippen LogP contribution in [0.4, 0.5) is 0 Å². The van der Waals surface area contributed by atoms with E-state index in [1.807, 2.05) is 18.2 Å². The molecule has 1 aliphatic heterocycles. The number of unbranched alkanes of at least 4 members (excludes halogenated alkanes) is 1. The molecule has 1 N–H and O–H groups in total. The van der Waals surface area contributed by atoms with Gasteiger partial charge in [-0.1, -0.05) is 19.4 Å². The zero-order valence-electron chi connectivity index (χ0n) is 12.6. The van der Waals surface area contributed by atoms with Crippen LogP contribution < -0.4 is 14.9 Å². The average Bonchev–Trinajstić information content (AvgIpc) is 2.80. The van der Waals surface area contributed by atoms with Gasteiger partial charge in [0.25, 0.3) is 5.91 Å². The normalized spacial score (nSPS) is 15.9. The molecule has 0 saturated heterocycles. The highest BCUT2D eigenvalue weighted by molar-refractivity contribution is 6.26. The van der Waals surface area contributed by atoms with Gasteiger partial charge >= 0.3 is 0 Å². The minimum Gasteiger partial charge on any atom is -0.493 e. The van der Waals surface area contributed by atoms with Crippen LogP contribution in [0.15, 0.2) is 28.9 Å². The topological polar surface area (TPSA) is 59.9 Å². The van der Waals surface area contributed by atoms with Gasteiger partial charge in [0, 0.05) is 0 Å². The van der Waals surface area contributed by atoms with Crippen molar-refractivity contribution in [1.29, 1.82) is 0 Å². The summed E-state index contributed by atoms with van der Waals surface area (Å²) in [6.07, 6.45) is 3.88. The Bertz CT molecular complexity index is 591. The third-order valence-corrected chi connectivity index (χ3v) is 3.21. The van der Waals surface area contributed by atoms with Gasteiger partial charge in [-0.15, -0.1) is 0 Å². The lowest BCUT2D eigenvalue weighted by atomic mass is 10.1. The van der Waals surface area contributed by atoms with E-state index in [0.29, 0.717) is 23.6 Å². The van der Waals surface area contributed by atoms with E-state index in [4.69, 9.17) is 9.47 Å². The molecule has 2 rings (SSSR count). The molecule has 0 saturated carbocycles. The molecule has 1 amide bonds. The first-order valence-corrected chi connectivity index (χ1v) is 7.03. The molecule has 1 heterocycles. The zero-order chi connectivity index (χ0) is 15.2. The molecule has 0 aliphatic carbocycles. The lowest BCUT2D eigenvalue weighted by Gasteiger charge is -2.11. The van der Waals surface area contributed by atoms with Gasteiger partial charge in [0.05, 0.1) is 25.0 Å². The number of hydrogen-bond donors (Lipinski definition) is 1. The fraction of sp³-hybridized carbons (Fsp3) is 0.375. The SMILES string of the molecule is CCCCOc1ccc(/C=C2\C(=O)NN=C2C)cc1OC. The van der Waals surface area contributed by atoms with Crippen LogP contribution in [0.5, 0.6) is 11.5 Å². The summed E-state index contributed by atoms with van der Waals surface area (Å²) in [6.45, 7) is 4.58. The van der Waals surface area contributed by atoms with Crippen molar-refractivity contribution >= 4 is 17.7 Å². The molecular weight excluding hydrogens is 268 g/mol. The zero-order valence-corrected chi connectivity index (χ0v) is 12.6. The number of benzene rings is 1. The highest BCUT2D eigenvalue weighted by Gasteiger charge is 2.18. The first kappa shape index (κ1) is 15.1. The summed E-state index contributed by atoms with van der Waals surface area (Å²) in [5.74, 6) is 1.19. The van der Waals surface area contributed by atoms with E-state index in [1.54, 1.807) is 20.1 Å². The van der Waals surface area contributed by atoms with Crippen LogP contribution in [-0.4, -0.2) is 25.3 Å². The van der Waals surface area contributed by atoms with Crippen molar-refractivity contribution in [2.24, 2.45) is 5.10 Å². The molecule has 5 nitrogen and oxygen atoms in total. The van der Waals surface area contributed by atoms with Gasteiger partial charge in [0.1, 0.15) is 0 Å². The second-order valence-electron chi connectivity index (χ2n) is 4.81. The summed E-state index contributed by atoms with van der Waals surface area (Å²) in [4.78, 5) is 11.6. The van der Waals surface area contributed by atoms with Gasteiger partial charge in [-0.2, -0.15) is 5.10 Å². The smallest absolute Gasteiger partial charge is 0.273 e. The number of rotatable bonds is 6. The molecule has 0 bridgehead atoms. The molecule has 0 radical (unpaired) electrons. The number of methoxy groups -OCH3 is 1. The van der Waals surface area contributed by atoms with E-state index in [9.17, 15) is 4.79 Å². The maximum atomic E-state index is 11.6. The van der Waals surface area contributed by atoms with Crippen LogP contribution in [-0.2, 0) is 4.79 Å². The molecule has 0 aromatic heterocycles. The standard InChI is InChI=1S/C16H20N2O3/c1-4-5-8-21-14-7-6-12(10-15(14)20-3)9-13-11(2)17-18-16(13)19/h6-7,9-10H,4-5,8H2,1-3H3,(H,18,19)/b13-9-. The predicted octanol–water partition coefficient (Wildman–Crippen LogP) is 2.76. The Morgan fingerprint density at radius 1 is 1.33 bits per heavy atom. The van der Waals surface area contributed by atoms with Crippen molar-refractivity contribution in [2.45, 2.75) is 26.7 Å². The van der Waals surface area contributed by atoms with Crippen LogP contribution >= 0.6 is 0 Å². The number of hydrazone groups is 1. The second-order valence-corrected chi connectivity index (χ2v) is 4.81. The van der Waals surface area contributed by atoms with E-state index in [2.05, 4.69) is 17.5 Å². The number of nitrogens with one attached hydrogen (secondary N) is 1. The van der Waals surface area contributed by atoms with E-state index in [-0.39, 0.29) is 5.91 Å². The summed E-state index contributed by atoms with van der Waals surface area (Å²) < 4.78 is 11.0. The fourth-order valence-corrected chi connectivity index (χ4v) is 1.98. The summed E-state index contributed by atoms with van der Waals surface area (Å²) in [6, 6.07) is 5.61. The Labute approximate surface area is 124 Å². The summed E-state index contributed by atoms with van der Waals surface area (Å²) in [5.41, 5.74) is 4.56. The third kappa shape index (κ3) is 3.62. The van der Waals surface area contributed by atoms with E-state index in [1.165, 1.54) is 0 Å². The lowest BCUT2D eigenvalue weighted by Crippen LogP contribution is -2.12. The van der Waals surface area contributed by atoms with Crippen molar-refractivity contribution in [3.05, 3.63) is 29.3 Å². The van der Waals surface area contributed by atoms with Crippen molar-refractivity contribution in [2.75, 3.05) is 13.7 Å². The first-order chi connectivity index (χ1) is 10.2. The van der Waals surface area contributed by atoms with Gasteiger partial charge in [-0.05, 0) is 37.1 Å². The highest BCUT2D eigenvalue weighted by Crippen LogP contribution is 2.29. The number of carbonyl (C=O) groups is 1. The Morgan fingerprint density at radius 3 is 2.76 bits per heavy atom. The molecule has 112 valence electrons. The molecule has 5 heteroatoms. The van der Waals surface area contributed by atoms with Gasteiger partial charge in [-0.25, -0.2) is 5.43 Å². The van der Waals surface area contributed by atoms with Gasteiger partial charge in [-0.3, -0.25) is 4.79 Å². The molecule has 0 spiro atoms. The Balaban J connectivity index is 2.21. The minimum absolute atomic E-state index is 0.185. The lowest BCUT2D eigenvalue weighted by molar-refractivity contribution is -0.116. The minimum atomic E-state index is -0.185. The number of nitrogens with zero attached hydrogens (tertiary/aromatic N) is 1. The summed E-state index contributed by atoms with van der Waals surface area (Å²) in [7, 11) is 1.61. The van der Waals surface area contributed by atoms with E-state index in [0.717, 1.165) is 24.2 Å². The van der Waals surface area contributed by atoms with Crippen molar-refractivity contribution in [1.82, 2.24) is 5.43 Å². The highest BCUT2D eigenvalue weighted by atomic mass is 16.5. The van der Waals surface area contributed by atoms with Crippen LogP contribution in [0, 0.1) is 0 Å². The molecule has 1 aliphatic rings.